The second-order valence-corrected chi connectivity index (χ2v) is 8.02. The topological polar surface area (TPSA) is 67.4 Å². The largest absolute Gasteiger partial charge is 0.492 e. The van der Waals surface area contributed by atoms with E-state index in [1.54, 1.807) is 66.7 Å². The molecule has 4 aromatic rings. The lowest BCUT2D eigenvalue weighted by molar-refractivity contribution is 0.101. The molecule has 0 saturated carbocycles. The van der Waals surface area contributed by atoms with Crippen molar-refractivity contribution in [2.45, 2.75) is 6.42 Å². The molecule has 0 aliphatic carbocycles. The molecule has 0 heterocycles. The van der Waals surface area contributed by atoms with Gasteiger partial charge in [0.2, 0.25) is 0 Å². The van der Waals surface area contributed by atoms with Crippen molar-refractivity contribution < 1.29 is 14.3 Å². The average molecular weight is 471 g/mol. The summed E-state index contributed by atoms with van der Waals surface area (Å²) in [6.45, 7) is 0.452. The number of benzene rings is 4. The number of anilines is 2. The van der Waals surface area contributed by atoms with Gasteiger partial charge >= 0.3 is 0 Å². The first-order valence-electron chi connectivity index (χ1n) is 10.8. The molecular weight excluding hydrogens is 448 g/mol. The molecule has 0 atom stereocenters. The van der Waals surface area contributed by atoms with Crippen molar-refractivity contribution in [3.05, 3.63) is 125 Å². The number of hydrogen-bond donors (Lipinski definition) is 2. The number of carbonyl (C=O) groups is 2. The van der Waals surface area contributed by atoms with Crippen LogP contribution in [0.5, 0.6) is 5.75 Å². The second-order valence-electron chi connectivity index (χ2n) is 7.58. The molecule has 0 aliphatic heterocycles. The van der Waals surface area contributed by atoms with Gasteiger partial charge in [-0.2, -0.15) is 0 Å². The number of rotatable bonds is 8. The SMILES string of the molecule is O=C(Nc1cccc(Cl)c1)c1cccc(NC(=O)c2ccccc2OCCc2ccccc2)c1. The highest BCUT2D eigenvalue weighted by molar-refractivity contribution is 6.31. The Bertz CT molecular complexity index is 1290. The summed E-state index contributed by atoms with van der Waals surface area (Å²) in [6, 6.07) is 30.8. The van der Waals surface area contributed by atoms with Crippen molar-refractivity contribution in [1.82, 2.24) is 0 Å². The van der Waals surface area contributed by atoms with Gasteiger partial charge in [0.1, 0.15) is 5.75 Å². The molecule has 0 unspecified atom stereocenters. The third kappa shape index (κ3) is 6.24. The lowest BCUT2D eigenvalue weighted by Crippen LogP contribution is -2.16. The smallest absolute Gasteiger partial charge is 0.259 e. The monoisotopic (exact) mass is 470 g/mol. The fraction of sp³-hybridized carbons (Fsp3) is 0.0714. The highest BCUT2D eigenvalue weighted by atomic mass is 35.5. The number of ether oxygens (including phenoxy) is 1. The van der Waals surface area contributed by atoms with Crippen LogP contribution in [-0.2, 0) is 6.42 Å². The zero-order valence-electron chi connectivity index (χ0n) is 18.3. The first-order chi connectivity index (χ1) is 16.6. The Morgan fingerprint density at radius 1 is 0.706 bits per heavy atom. The Morgan fingerprint density at radius 2 is 1.38 bits per heavy atom. The molecule has 34 heavy (non-hydrogen) atoms. The van der Waals surface area contributed by atoms with Gasteiger partial charge in [0.25, 0.3) is 11.8 Å². The number of carbonyl (C=O) groups excluding carboxylic acids is 2. The van der Waals surface area contributed by atoms with Crippen LogP contribution in [0.4, 0.5) is 11.4 Å². The minimum absolute atomic E-state index is 0.303. The molecule has 4 aromatic carbocycles. The van der Waals surface area contributed by atoms with Gasteiger partial charge < -0.3 is 15.4 Å². The van der Waals surface area contributed by atoms with Gasteiger partial charge in [-0.1, -0.05) is 66.2 Å². The Kier molecular flexibility index (Phi) is 7.58. The molecule has 2 N–H and O–H groups in total. The summed E-state index contributed by atoms with van der Waals surface area (Å²) >= 11 is 5.98. The maximum atomic E-state index is 13.0. The van der Waals surface area contributed by atoms with Gasteiger partial charge in [-0.3, -0.25) is 9.59 Å². The molecular formula is C28H23ClN2O3. The summed E-state index contributed by atoms with van der Waals surface area (Å²) in [5.41, 5.74) is 3.09. The summed E-state index contributed by atoms with van der Waals surface area (Å²) in [6.07, 6.45) is 0.737. The van der Waals surface area contributed by atoms with Crippen molar-refractivity contribution in [3.63, 3.8) is 0 Å². The number of para-hydroxylation sites is 1. The van der Waals surface area contributed by atoms with E-state index in [1.165, 1.54) is 0 Å². The van der Waals surface area contributed by atoms with Gasteiger partial charge in [0.05, 0.1) is 12.2 Å². The van der Waals surface area contributed by atoms with Crippen LogP contribution in [0.25, 0.3) is 0 Å². The van der Waals surface area contributed by atoms with Gasteiger partial charge in [0, 0.05) is 28.4 Å². The van der Waals surface area contributed by atoms with Crippen molar-refractivity contribution in [3.8, 4) is 5.75 Å². The standard InChI is InChI=1S/C28H23ClN2O3/c29-22-11-7-13-24(19-22)30-27(32)21-10-6-12-23(18-21)31-28(33)25-14-4-5-15-26(25)34-17-16-20-8-2-1-3-9-20/h1-15,18-19H,16-17H2,(H,30,32)(H,31,33). The minimum atomic E-state index is -0.317. The van der Waals surface area contributed by atoms with E-state index in [9.17, 15) is 9.59 Å². The fourth-order valence-corrected chi connectivity index (χ4v) is 3.60. The maximum Gasteiger partial charge on any atom is 0.259 e. The van der Waals surface area contributed by atoms with E-state index in [-0.39, 0.29) is 11.8 Å². The van der Waals surface area contributed by atoms with Crippen LogP contribution in [0, 0.1) is 0 Å². The van der Waals surface area contributed by atoms with Crippen LogP contribution in [-0.4, -0.2) is 18.4 Å². The number of hydrogen-bond acceptors (Lipinski definition) is 3. The second kappa shape index (κ2) is 11.2. The van der Waals surface area contributed by atoms with E-state index in [1.807, 2.05) is 36.4 Å². The molecule has 0 radical (unpaired) electrons. The number of amides is 2. The Hall–Kier alpha value is -4.09. The highest BCUT2D eigenvalue weighted by Gasteiger charge is 2.14. The van der Waals surface area contributed by atoms with Crippen molar-refractivity contribution in [2.24, 2.45) is 0 Å². The third-order valence-electron chi connectivity index (χ3n) is 5.09. The third-order valence-corrected chi connectivity index (χ3v) is 5.32. The number of nitrogens with one attached hydrogen (secondary N) is 2. The Morgan fingerprint density at radius 3 is 2.18 bits per heavy atom. The maximum absolute atomic E-state index is 13.0. The summed E-state index contributed by atoms with van der Waals surface area (Å²) in [4.78, 5) is 25.6. The zero-order chi connectivity index (χ0) is 23.8. The van der Waals surface area contributed by atoms with E-state index in [2.05, 4.69) is 10.6 Å². The first-order valence-corrected chi connectivity index (χ1v) is 11.2. The number of halogens is 1. The van der Waals surface area contributed by atoms with Crippen LogP contribution in [0.15, 0.2) is 103 Å². The quantitative estimate of drug-likeness (QED) is 0.310. The van der Waals surface area contributed by atoms with Gasteiger partial charge in [-0.15, -0.1) is 0 Å². The molecule has 6 heteroatoms. The summed E-state index contributed by atoms with van der Waals surface area (Å²) < 4.78 is 5.90. The average Bonchev–Trinajstić information content (AvgIpc) is 2.85. The van der Waals surface area contributed by atoms with Gasteiger partial charge in [-0.05, 0) is 54.1 Å². The predicted octanol–water partition coefficient (Wildman–Crippen LogP) is 6.47. The van der Waals surface area contributed by atoms with Gasteiger partial charge in [-0.25, -0.2) is 0 Å². The van der Waals surface area contributed by atoms with E-state index >= 15 is 0 Å². The van der Waals surface area contributed by atoms with Crippen LogP contribution >= 0.6 is 11.6 Å². The zero-order valence-corrected chi connectivity index (χ0v) is 19.1. The Balaban J connectivity index is 1.41. The molecule has 0 fully saturated rings. The lowest BCUT2D eigenvalue weighted by atomic mass is 10.1. The van der Waals surface area contributed by atoms with E-state index < -0.39 is 0 Å². The van der Waals surface area contributed by atoms with Crippen molar-refractivity contribution in [1.29, 1.82) is 0 Å². The molecule has 0 saturated heterocycles. The molecule has 2 amide bonds. The highest BCUT2D eigenvalue weighted by Crippen LogP contribution is 2.21. The predicted molar refractivity (Wildman–Crippen MR) is 136 cm³/mol. The molecule has 4 rings (SSSR count). The van der Waals surface area contributed by atoms with Crippen LogP contribution in [0.3, 0.4) is 0 Å². The molecule has 0 bridgehead atoms. The van der Waals surface area contributed by atoms with E-state index in [4.69, 9.17) is 16.3 Å². The Labute approximate surface area is 203 Å². The molecule has 170 valence electrons. The van der Waals surface area contributed by atoms with E-state index in [0.717, 1.165) is 12.0 Å². The van der Waals surface area contributed by atoms with Crippen molar-refractivity contribution >= 4 is 34.8 Å². The molecule has 0 aromatic heterocycles. The minimum Gasteiger partial charge on any atom is -0.492 e. The van der Waals surface area contributed by atoms with Crippen LogP contribution in [0.1, 0.15) is 26.3 Å². The fourth-order valence-electron chi connectivity index (χ4n) is 3.41. The lowest BCUT2D eigenvalue weighted by Gasteiger charge is -2.12. The van der Waals surface area contributed by atoms with Gasteiger partial charge in [0.15, 0.2) is 0 Å². The summed E-state index contributed by atoms with van der Waals surface area (Å²) in [7, 11) is 0. The normalized spacial score (nSPS) is 10.4. The van der Waals surface area contributed by atoms with E-state index in [0.29, 0.717) is 39.9 Å². The first kappa shape index (κ1) is 23.1. The van der Waals surface area contributed by atoms with Crippen LogP contribution in [0.2, 0.25) is 5.02 Å². The summed E-state index contributed by atoms with van der Waals surface area (Å²) in [5, 5.41) is 6.19. The summed E-state index contributed by atoms with van der Waals surface area (Å²) in [5.74, 6) is -0.114. The van der Waals surface area contributed by atoms with Crippen molar-refractivity contribution in [2.75, 3.05) is 17.2 Å². The van der Waals surface area contributed by atoms with Crippen LogP contribution < -0.4 is 15.4 Å². The molecule has 0 spiro atoms. The molecule has 0 aliphatic rings. The molecule has 5 nitrogen and oxygen atoms in total.